The molecule has 0 bridgehead atoms. The van der Waals surface area contributed by atoms with E-state index in [2.05, 4.69) is 25.7 Å². The van der Waals surface area contributed by atoms with Gasteiger partial charge in [0.15, 0.2) is 0 Å². The number of amides is 1. The van der Waals surface area contributed by atoms with E-state index >= 15 is 0 Å². The van der Waals surface area contributed by atoms with E-state index in [9.17, 15) is 19.3 Å². The molecule has 0 saturated carbocycles. The van der Waals surface area contributed by atoms with E-state index in [0.717, 1.165) is 21.9 Å². The second kappa shape index (κ2) is 6.51. The van der Waals surface area contributed by atoms with Crippen molar-refractivity contribution in [2.75, 3.05) is 0 Å². The van der Waals surface area contributed by atoms with Crippen LogP contribution in [0.3, 0.4) is 0 Å². The number of nitro groups is 1. The van der Waals surface area contributed by atoms with E-state index in [0.29, 0.717) is 6.54 Å². The third-order valence-electron chi connectivity index (χ3n) is 2.49. The van der Waals surface area contributed by atoms with Crippen LogP contribution in [0.1, 0.15) is 12.5 Å². The maximum Gasteiger partial charge on any atom is 0.490 e. The quantitative estimate of drug-likeness (QED) is 0.442. The molecule has 0 unspecified atom stereocenters. The number of hydrogen-bond acceptors (Lipinski definition) is 7. The third-order valence-corrected chi connectivity index (χ3v) is 2.49. The number of nitrogens with one attached hydrogen (secondary N) is 1. The molecule has 0 aliphatic rings. The lowest BCUT2D eigenvalue weighted by molar-refractivity contribution is -0.394. The normalized spacial score (nSPS) is 11.0. The van der Waals surface area contributed by atoms with Gasteiger partial charge in [-0.3, -0.25) is 4.79 Å². The van der Waals surface area contributed by atoms with Gasteiger partial charge in [-0.25, -0.2) is 10.1 Å². The molecule has 0 saturated heterocycles. The van der Waals surface area contributed by atoms with Gasteiger partial charge in [0.05, 0.1) is 18.0 Å². The lowest BCUT2D eigenvalue weighted by Crippen LogP contribution is -2.23. The van der Waals surface area contributed by atoms with Crippen molar-refractivity contribution in [3.05, 3.63) is 34.1 Å². The van der Waals surface area contributed by atoms with Crippen LogP contribution in [-0.2, 0) is 17.9 Å². The van der Waals surface area contributed by atoms with Gasteiger partial charge in [-0.2, -0.15) is 19.3 Å². The molecule has 0 fully saturated rings. The van der Waals surface area contributed by atoms with Crippen LogP contribution in [-0.4, -0.2) is 41.6 Å². The Labute approximate surface area is 122 Å². The van der Waals surface area contributed by atoms with Crippen molar-refractivity contribution in [2.24, 2.45) is 5.10 Å². The Hall–Kier alpha value is -3.18. The van der Waals surface area contributed by atoms with Gasteiger partial charge in [0.25, 0.3) is 5.91 Å². The fourth-order valence-corrected chi connectivity index (χ4v) is 1.49. The van der Waals surface area contributed by atoms with Crippen molar-refractivity contribution in [1.29, 1.82) is 0 Å². The number of rotatable bonds is 6. The average Bonchev–Trinajstić information content (AvgIpc) is 3.07. The van der Waals surface area contributed by atoms with Crippen LogP contribution >= 0.6 is 0 Å². The van der Waals surface area contributed by atoms with Crippen LogP contribution in [0, 0.1) is 16.1 Å². The van der Waals surface area contributed by atoms with Crippen LogP contribution in [0.2, 0.25) is 0 Å². The highest BCUT2D eigenvalue weighted by atomic mass is 19.1. The summed E-state index contributed by atoms with van der Waals surface area (Å²) in [4.78, 5) is 24.5. The molecular formula is C10H11FN8O3. The first-order chi connectivity index (χ1) is 10.5. The number of halogens is 1. The van der Waals surface area contributed by atoms with E-state index in [1.54, 1.807) is 6.92 Å². The summed E-state index contributed by atoms with van der Waals surface area (Å²) in [5.74, 6) is -1.77. The molecule has 2 aromatic heterocycles. The fourth-order valence-electron chi connectivity index (χ4n) is 1.49. The van der Waals surface area contributed by atoms with Crippen LogP contribution in [0.25, 0.3) is 0 Å². The summed E-state index contributed by atoms with van der Waals surface area (Å²) >= 11 is 0. The van der Waals surface area contributed by atoms with Gasteiger partial charge >= 0.3 is 5.95 Å². The standard InChI is InChI=1S/C10H11FN8O3/c1-2-18-9(11)7(4-14-18)3-13-15-8(20)5-17-6-12-10(16-17)19(21)22/h3-4,6H,2,5H2,1H3,(H,15,20)/b13-3-. The highest BCUT2D eigenvalue weighted by Gasteiger charge is 2.15. The van der Waals surface area contributed by atoms with Gasteiger partial charge in [0.1, 0.15) is 6.54 Å². The van der Waals surface area contributed by atoms with Crippen LogP contribution < -0.4 is 5.43 Å². The maximum atomic E-state index is 13.6. The molecule has 2 heterocycles. The third kappa shape index (κ3) is 3.47. The van der Waals surface area contributed by atoms with Crippen LogP contribution in [0.4, 0.5) is 10.3 Å². The largest absolute Gasteiger partial charge is 0.490 e. The van der Waals surface area contributed by atoms with E-state index in [1.165, 1.54) is 6.20 Å². The van der Waals surface area contributed by atoms with E-state index in [-0.39, 0.29) is 12.1 Å². The monoisotopic (exact) mass is 310 g/mol. The molecule has 116 valence electrons. The highest BCUT2D eigenvalue weighted by Crippen LogP contribution is 2.03. The number of nitrogens with zero attached hydrogens (tertiary/aromatic N) is 7. The first kappa shape index (κ1) is 15.2. The van der Waals surface area contributed by atoms with E-state index < -0.39 is 22.7 Å². The molecule has 0 aromatic carbocycles. The number of carbonyl (C=O) groups excluding carboxylic acids is 1. The zero-order valence-corrected chi connectivity index (χ0v) is 11.4. The summed E-state index contributed by atoms with van der Waals surface area (Å²) in [6, 6.07) is 0. The Morgan fingerprint density at radius 3 is 3.00 bits per heavy atom. The Bertz CT molecular complexity index is 722. The highest BCUT2D eigenvalue weighted by molar-refractivity contribution is 5.81. The number of hydrazone groups is 1. The number of carbonyl (C=O) groups is 1. The molecule has 1 amide bonds. The second-order valence-electron chi connectivity index (χ2n) is 4.00. The molecule has 0 atom stereocenters. The smallest absolute Gasteiger partial charge is 0.390 e. The van der Waals surface area contributed by atoms with Gasteiger partial charge in [-0.1, -0.05) is 4.98 Å². The van der Waals surface area contributed by atoms with Crippen molar-refractivity contribution >= 4 is 18.1 Å². The predicted octanol–water partition coefficient (Wildman–Crippen LogP) is -0.308. The minimum Gasteiger partial charge on any atom is -0.390 e. The van der Waals surface area contributed by atoms with Gasteiger partial charge in [0.2, 0.25) is 12.3 Å². The van der Waals surface area contributed by atoms with Gasteiger partial charge in [0, 0.05) is 11.6 Å². The molecular weight excluding hydrogens is 299 g/mol. The van der Waals surface area contributed by atoms with Gasteiger partial charge in [-0.15, -0.1) is 0 Å². The molecule has 0 spiro atoms. The molecule has 2 aromatic rings. The Morgan fingerprint density at radius 1 is 1.64 bits per heavy atom. The minimum absolute atomic E-state index is 0.124. The first-order valence-corrected chi connectivity index (χ1v) is 6.08. The lowest BCUT2D eigenvalue weighted by Gasteiger charge is -1.96. The van der Waals surface area contributed by atoms with E-state index in [1.807, 2.05) is 0 Å². The number of aryl methyl sites for hydroxylation is 1. The Balaban J connectivity index is 1.90. The summed E-state index contributed by atoms with van der Waals surface area (Å²) in [5.41, 5.74) is 2.26. The van der Waals surface area contributed by atoms with Crippen molar-refractivity contribution in [2.45, 2.75) is 20.0 Å². The van der Waals surface area contributed by atoms with Crippen molar-refractivity contribution < 1.29 is 14.1 Å². The molecule has 11 nitrogen and oxygen atoms in total. The van der Waals surface area contributed by atoms with Crippen LogP contribution in [0.15, 0.2) is 17.6 Å². The average molecular weight is 310 g/mol. The Morgan fingerprint density at radius 2 is 2.41 bits per heavy atom. The summed E-state index contributed by atoms with van der Waals surface area (Å²) in [7, 11) is 0. The minimum atomic E-state index is -0.777. The van der Waals surface area contributed by atoms with Crippen LogP contribution in [0.5, 0.6) is 0 Å². The SMILES string of the molecule is CCn1ncc(/C=N\NC(=O)Cn2cnc([N+](=O)[O-])n2)c1F. The lowest BCUT2D eigenvalue weighted by atomic mass is 10.4. The maximum absolute atomic E-state index is 13.6. The van der Waals surface area contributed by atoms with Crippen molar-refractivity contribution in [3.63, 3.8) is 0 Å². The fraction of sp³-hybridized carbons (Fsp3) is 0.300. The molecule has 12 heteroatoms. The van der Waals surface area contributed by atoms with Crippen molar-refractivity contribution in [1.82, 2.24) is 30.0 Å². The summed E-state index contributed by atoms with van der Waals surface area (Å²) in [6.07, 6.45) is 3.43. The topological polar surface area (TPSA) is 133 Å². The number of hydrogen-bond donors (Lipinski definition) is 1. The Kier molecular flexibility index (Phi) is 4.50. The zero-order chi connectivity index (χ0) is 16.1. The van der Waals surface area contributed by atoms with E-state index in [4.69, 9.17) is 0 Å². The molecule has 1 N–H and O–H groups in total. The summed E-state index contributed by atoms with van der Waals surface area (Å²) in [5, 5.41) is 21.2. The summed E-state index contributed by atoms with van der Waals surface area (Å²) in [6.45, 7) is 1.79. The zero-order valence-electron chi connectivity index (χ0n) is 11.4. The molecule has 0 aliphatic carbocycles. The second-order valence-corrected chi connectivity index (χ2v) is 4.00. The summed E-state index contributed by atoms with van der Waals surface area (Å²) < 4.78 is 15.7. The molecule has 0 radical (unpaired) electrons. The molecule has 22 heavy (non-hydrogen) atoms. The molecule has 2 rings (SSSR count). The van der Waals surface area contributed by atoms with Gasteiger partial charge < -0.3 is 10.1 Å². The predicted molar refractivity (Wildman–Crippen MR) is 70.3 cm³/mol. The van der Waals surface area contributed by atoms with Crippen molar-refractivity contribution in [3.8, 4) is 0 Å². The number of aromatic nitrogens is 5. The first-order valence-electron chi connectivity index (χ1n) is 6.08. The molecule has 0 aliphatic heterocycles. The van der Waals surface area contributed by atoms with Gasteiger partial charge in [-0.05, 0) is 11.8 Å².